The zero-order valence-corrected chi connectivity index (χ0v) is 10.1. The third kappa shape index (κ3) is 4.51. The van der Waals surface area contributed by atoms with Gasteiger partial charge in [-0.3, -0.25) is 0 Å². The standard InChI is InChI=1S/C10H19N5O2/c1-3-17-6-10-13-8(12-7(2)5-16)4-9(14-10)15-11/h4,7,16H,3,5-6,11H2,1-2H3,(H2,12,13,14,15). The number of hydrogen-bond donors (Lipinski definition) is 4. The van der Waals surface area contributed by atoms with Crippen LogP contribution < -0.4 is 16.6 Å². The van der Waals surface area contributed by atoms with Crippen molar-refractivity contribution >= 4 is 11.6 Å². The number of nitrogens with one attached hydrogen (secondary N) is 2. The Morgan fingerprint density at radius 2 is 2.18 bits per heavy atom. The lowest BCUT2D eigenvalue weighted by molar-refractivity contribution is 0.128. The van der Waals surface area contributed by atoms with Crippen LogP contribution in [0, 0.1) is 0 Å². The summed E-state index contributed by atoms with van der Waals surface area (Å²) in [6, 6.07) is 1.58. The van der Waals surface area contributed by atoms with Gasteiger partial charge in [-0.25, -0.2) is 15.8 Å². The molecule has 7 nitrogen and oxygen atoms in total. The SMILES string of the molecule is CCOCc1nc(NN)cc(NC(C)CO)n1. The summed E-state index contributed by atoms with van der Waals surface area (Å²) in [5, 5.41) is 12.0. The van der Waals surface area contributed by atoms with Gasteiger partial charge in [0, 0.05) is 18.7 Å². The first-order valence-corrected chi connectivity index (χ1v) is 5.49. The van der Waals surface area contributed by atoms with Crippen LogP contribution in [0.1, 0.15) is 19.7 Å². The molecule has 0 saturated carbocycles. The summed E-state index contributed by atoms with van der Waals surface area (Å²) in [4.78, 5) is 8.40. The van der Waals surface area contributed by atoms with E-state index < -0.39 is 0 Å². The van der Waals surface area contributed by atoms with E-state index in [-0.39, 0.29) is 12.6 Å². The lowest BCUT2D eigenvalue weighted by atomic mass is 10.3. The Hall–Kier alpha value is -1.44. The Bertz CT molecular complexity index is 347. The predicted molar refractivity (Wildman–Crippen MR) is 65.3 cm³/mol. The predicted octanol–water partition coefficient (Wildman–Crippen LogP) is 0.0914. The molecule has 0 aliphatic carbocycles. The van der Waals surface area contributed by atoms with Gasteiger partial charge in [0.15, 0.2) is 5.82 Å². The smallest absolute Gasteiger partial charge is 0.158 e. The van der Waals surface area contributed by atoms with E-state index in [0.29, 0.717) is 30.7 Å². The van der Waals surface area contributed by atoms with E-state index in [0.717, 1.165) is 0 Å². The first-order valence-electron chi connectivity index (χ1n) is 5.49. The van der Waals surface area contributed by atoms with Crippen molar-refractivity contribution in [2.75, 3.05) is 24.0 Å². The third-order valence-electron chi connectivity index (χ3n) is 2.02. The lowest BCUT2D eigenvalue weighted by Gasteiger charge is -2.13. The third-order valence-corrected chi connectivity index (χ3v) is 2.02. The highest BCUT2D eigenvalue weighted by Gasteiger charge is 2.06. The van der Waals surface area contributed by atoms with Gasteiger partial charge >= 0.3 is 0 Å². The average molecular weight is 241 g/mol. The highest BCUT2D eigenvalue weighted by atomic mass is 16.5. The summed E-state index contributed by atoms with van der Waals surface area (Å²) in [5.74, 6) is 6.96. The van der Waals surface area contributed by atoms with Gasteiger partial charge in [0.25, 0.3) is 0 Å². The van der Waals surface area contributed by atoms with E-state index in [1.807, 2.05) is 13.8 Å². The number of nitrogens with two attached hydrogens (primary N) is 1. The zero-order chi connectivity index (χ0) is 12.7. The van der Waals surface area contributed by atoms with Gasteiger partial charge in [-0.1, -0.05) is 0 Å². The van der Waals surface area contributed by atoms with Gasteiger partial charge < -0.3 is 20.6 Å². The molecule has 1 atom stereocenters. The summed E-state index contributed by atoms with van der Waals surface area (Å²) in [7, 11) is 0. The number of nitrogens with zero attached hydrogens (tertiary/aromatic N) is 2. The number of anilines is 2. The van der Waals surface area contributed by atoms with Gasteiger partial charge in [0.05, 0.1) is 6.61 Å². The molecule has 0 spiro atoms. The molecular formula is C10H19N5O2. The van der Waals surface area contributed by atoms with Crippen LogP contribution in [0.3, 0.4) is 0 Å². The van der Waals surface area contributed by atoms with Crippen molar-refractivity contribution in [2.24, 2.45) is 5.84 Å². The van der Waals surface area contributed by atoms with Crippen LogP contribution in [0.5, 0.6) is 0 Å². The van der Waals surface area contributed by atoms with E-state index in [1.165, 1.54) is 0 Å². The Morgan fingerprint density at radius 1 is 1.47 bits per heavy atom. The summed E-state index contributed by atoms with van der Waals surface area (Å²) in [6.07, 6.45) is 0. The Labute approximate surface area is 100 Å². The fourth-order valence-electron chi connectivity index (χ4n) is 1.20. The first kappa shape index (κ1) is 13.6. The fourth-order valence-corrected chi connectivity index (χ4v) is 1.20. The van der Waals surface area contributed by atoms with Gasteiger partial charge in [-0.15, -0.1) is 0 Å². The van der Waals surface area contributed by atoms with Crippen LogP contribution in [0.25, 0.3) is 0 Å². The van der Waals surface area contributed by atoms with Crippen molar-refractivity contribution in [3.8, 4) is 0 Å². The normalized spacial score (nSPS) is 12.2. The Kier molecular flexibility index (Phi) is 5.61. The summed E-state index contributed by atoms with van der Waals surface area (Å²) in [6.45, 7) is 4.70. The molecule has 17 heavy (non-hydrogen) atoms. The quantitative estimate of drug-likeness (QED) is 0.396. The van der Waals surface area contributed by atoms with E-state index in [9.17, 15) is 0 Å². The zero-order valence-electron chi connectivity index (χ0n) is 10.1. The minimum absolute atomic E-state index is 0.0240. The molecule has 7 heteroatoms. The van der Waals surface area contributed by atoms with Crippen molar-refractivity contribution in [2.45, 2.75) is 26.5 Å². The van der Waals surface area contributed by atoms with E-state index in [4.69, 9.17) is 15.7 Å². The van der Waals surface area contributed by atoms with Crippen LogP contribution in [0.15, 0.2) is 6.07 Å². The molecule has 0 saturated heterocycles. The van der Waals surface area contributed by atoms with Crippen molar-refractivity contribution in [1.82, 2.24) is 9.97 Å². The summed E-state index contributed by atoms with van der Waals surface area (Å²) in [5.41, 5.74) is 2.47. The Balaban J connectivity index is 2.80. The van der Waals surface area contributed by atoms with E-state index >= 15 is 0 Å². The van der Waals surface area contributed by atoms with Crippen LogP contribution in [0.4, 0.5) is 11.6 Å². The largest absolute Gasteiger partial charge is 0.394 e. The van der Waals surface area contributed by atoms with Crippen molar-refractivity contribution in [3.05, 3.63) is 11.9 Å². The van der Waals surface area contributed by atoms with Crippen LogP contribution in [-0.2, 0) is 11.3 Å². The molecule has 5 N–H and O–H groups in total. The molecule has 1 rings (SSSR count). The molecule has 96 valence electrons. The molecule has 0 aliphatic heterocycles. The molecule has 0 fully saturated rings. The molecule has 0 aromatic carbocycles. The maximum Gasteiger partial charge on any atom is 0.158 e. The van der Waals surface area contributed by atoms with Gasteiger partial charge in [-0.05, 0) is 13.8 Å². The second-order valence-electron chi connectivity index (χ2n) is 3.56. The minimum atomic E-state index is -0.0875. The molecule has 0 radical (unpaired) electrons. The molecule has 0 amide bonds. The van der Waals surface area contributed by atoms with E-state index in [1.54, 1.807) is 6.07 Å². The number of aliphatic hydroxyl groups is 1. The molecule has 1 heterocycles. The molecule has 1 aromatic heterocycles. The van der Waals surface area contributed by atoms with Crippen molar-refractivity contribution < 1.29 is 9.84 Å². The first-order chi connectivity index (χ1) is 8.19. The topological polar surface area (TPSA) is 105 Å². The number of aromatic nitrogens is 2. The highest BCUT2D eigenvalue weighted by Crippen LogP contribution is 2.12. The molecular weight excluding hydrogens is 222 g/mol. The van der Waals surface area contributed by atoms with Gasteiger partial charge in [0.1, 0.15) is 18.2 Å². The number of ether oxygens (including phenoxy) is 1. The highest BCUT2D eigenvalue weighted by molar-refractivity contribution is 5.47. The monoisotopic (exact) mass is 241 g/mol. The molecule has 0 bridgehead atoms. The number of rotatable bonds is 7. The maximum absolute atomic E-state index is 8.96. The summed E-state index contributed by atoms with van der Waals surface area (Å²) >= 11 is 0. The Morgan fingerprint density at radius 3 is 2.76 bits per heavy atom. The maximum atomic E-state index is 8.96. The molecule has 1 aromatic rings. The summed E-state index contributed by atoms with van der Waals surface area (Å²) < 4.78 is 5.23. The molecule has 1 unspecified atom stereocenters. The number of aliphatic hydroxyl groups excluding tert-OH is 1. The van der Waals surface area contributed by atoms with Gasteiger partial charge in [-0.2, -0.15) is 0 Å². The molecule has 0 aliphatic rings. The van der Waals surface area contributed by atoms with Crippen LogP contribution in [0.2, 0.25) is 0 Å². The van der Waals surface area contributed by atoms with Crippen LogP contribution >= 0.6 is 0 Å². The van der Waals surface area contributed by atoms with Crippen molar-refractivity contribution in [1.29, 1.82) is 0 Å². The van der Waals surface area contributed by atoms with Gasteiger partial charge in [0.2, 0.25) is 0 Å². The average Bonchev–Trinajstić information content (AvgIpc) is 2.35. The van der Waals surface area contributed by atoms with Crippen molar-refractivity contribution in [3.63, 3.8) is 0 Å². The van der Waals surface area contributed by atoms with E-state index in [2.05, 4.69) is 20.7 Å². The fraction of sp³-hybridized carbons (Fsp3) is 0.600. The lowest BCUT2D eigenvalue weighted by Crippen LogP contribution is -2.21. The number of nitrogen functional groups attached to an aromatic ring is 1. The van der Waals surface area contributed by atoms with Crippen LogP contribution in [-0.4, -0.2) is 34.3 Å². The second kappa shape index (κ2) is 7.00. The number of hydrogen-bond acceptors (Lipinski definition) is 7. The number of hydrazine groups is 1. The second-order valence-corrected chi connectivity index (χ2v) is 3.56. The minimum Gasteiger partial charge on any atom is -0.394 e.